The molecule has 4 fully saturated rings. The average Bonchev–Trinajstić information content (AvgIpc) is 3.72. The van der Waals surface area contributed by atoms with Crippen LogP contribution in [-0.2, 0) is 10.9 Å². The molecule has 6 atom stereocenters. The van der Waals surface area contributed by atoms with Crippen molar-refractivity contribution in [2.75, 3.05) is 43.5 Å². The number of rotatable bonds is 6. The van der Waals surface area contributed by atoms with Crippen molar-refractivity contribution in [2.45, 2.75) is 82.1 Å². The number of nitrogen functional groups attached to an aromatic ring is 1. The van der Waals surface area contributed by atoms with E-state index in [1.54, 1.807) is 0 Å². The van der Waals surface area contributed by atoms with Crippen LogP contribution < -0.4 is 25.4 Å². The van der Waals surface area contributed by atoms with Crippen molar-refractivity contribution in [3.63, 3.8) is 0 Å². The molecule has 4 saturated heterocycles. The molecule has 5 aliphatic rings. The third kappa shape index (κ3) is 4.72. The van der Waals surface area contributed by atoms with Crippen LogP contribution in [0.5, 0.6) is 11.9 Å². The third-order valence-corrected chi connectivity index (χ3v) is 10.1. The summed E-state index contributed by atoms with van der Waals surface area (Å²) in [5.41, 5.74) is 1.38. The minimum Gasteiger partial charge on any atom is -0.472 e. The third-order valence-electron chi connectivity index (χ3n) is 10.1. The number of anilines is 2. The van der Waals surface area contributed by atoms with Crippen LogP contribution in [0.4, 0.5) is 33.5 Å². The molecule has 15 heteroatoms. The molecule has 0 unspecified atom stereocenters. The minimum atomic E-state index is -5.03. The summed E-state index contributed by atoms with van der Waals surface area (Å²) in [6.07, 6.45) is -1.71. The van der Waals surface area contributed by atoms with E-state index in [9.17, 15) is 17.6 Å². The summed E-state index contributed by atoms with van der Waals surface area (Å²) >= 11 is 0. The van der Waals surface area contributed by atoms with Crippen molar-refractivity contribution >= 4 is 22.4 Å². The topological polar surface area (TPSA) is 111 Å². The van der Waals surface area contributed by atoms with Gasteiger partial charge in [0.05, 0.1) is 36.6 Å². The van der Waals surface area contributed by atoms with Gasteiger partial charge in [0.15, 0.2) is 5.82 Å². The lowest BCUT2D eigenvalue weighted by Crippen LogP contribution is -2.62. The number of fused-ring (bicyclic) bond motifs is 7. The molecule has 3 aromatic rings. The molecule has 0 radical (unpaired) electrons. The van der Waals surface area contributed by atoms with E-state index in [-0.39, 0.29) is 53.6 Å². The molecule has 0 spiro atoms. The Kier molecular flexibility index (Phi) is 6.96. The number of benzene rings is 1. The smallest absolute Gasteiger partial charge is 0.417 e. The Balaban J connectivity index is 1.24. The Labute approximate surface area is 261 Å². The molecule has 0 saturated carbocycles. The van der Waals surface area contributed by atoms with Crippen LogP contribution >= 0.6 is 0 Å². The first-order chi connectivity index (χ1) is 22.0. The van der Waals surface area contributed by atoms with E-state index in [1.165, 1.54) is 0 Å². The summed E-state index contributed by atoms with van der Waals surface area (Å²) < 4.78 is 92.4. The van der Waals surface area contributed by atoms with Crippen LogP contribution in [0.3, 0.4) is 0 Å². The monoisotopic (exact) mass is 647 g/mol. The van der Waals surface area contributed by atoms with Gasteiger partial charge < -0.3 is 30.2 Å². The number of ether oxygens (including phenoxy) is 3. The molecule has 0 aliphatic carbocycles. The van der Waals surface area contributed by atoms with E-state index >= 15 is 4.39 Å². The number of piperazine rings is 1. The van der Waals surface area contributed by atoms with E-state index in [0.717, 1.165) is 51.9 Å². The SMILES string of the molecule is Cc1c(F)c(N)cc(-c2nc3c4c(nc(OCCCN5C[C@@H]6C[C@H]5CO6)nc4c2F)N2C[C@H]4CC[C@H](N4)[C@H]2[C@H](C)O3)c1C(F)(F)F. The number of alkyl halides is 3. The molecular formula is C31H34F5N7O3. The molecule has 1 aromatic carbocycles. The van der Waals surface area contributed by atoms with Gasteiger partial charge in [-0.25, -0.2) is 13.8 Å². The number of pyridine rings is 1. The predicted octanol–water partition coefficient (Wildman–Crippen LogP) is 4.21. The maximum absolute atomic E-state index is 16.7. The van der Waals surface area contributed by atoms with Gasteiger partial charge >= 0.3 is 12.2 Å². The fraction of sp³-hybridized carbons (Fsp3) is 0.581. The normalized spacial score (nSPS) is 28.5. The van der Waals surface area contributed by atoms with Gasteiger partial charge in [0, 0.05) is 43.3 Å². The lowest BCUT2D eigenvalue weighted by molar-refractivity contribution is -0.137. The summed E-state index contributed by atoms with van der Waals surface area (Å²) in [5, 5.41) is 3.76. The second-order valence-corrected chi connectivity index (χ2v) is 13.0. The first kappa shape index (κ1) is 29.8. The lowest BCUT2D eigenvalue weighted by atomic mass is 9.96. The largest absolute Gasteiger partial charge is 0.472 e. The Bertz CT molecular complexity index is 1720. The van der Waals surface area contributed by atoms with Gasteiger partial charge in [-0.15, -0.1) is 0 Å². The number of nitrogens with two attached hydrogens (primary N) is 1. The van der Waals surface area contributed by atoms with Crippen LogP contribution in [0.25, 0.3) is 22.2 Å². The summed E-state index contributed by atoms with van der Waals surface area (Å²) in [5.74, 6) is -2.11. The molecule has 2 aromatic heterocycles. The van der Waals surface area contributed by atoms with Gasteiger partial charge in [-0.1, -0.05) is 0 Å². The molecule has 5 aliphatic heterocycles. The van der Waals surface area contributed by atoms with E-state index in [1.807, 2.05) is 6.92 Å². The molecule has 0 amide bonds. The van der Waals surface area contributed by atoms with Crippen molar-refractivity contribution in [1.82, 2.24) is 25.2 Å². The number of halogens is 5. The van der Waals surface area contributed by atoms with Crippen LogP contribution in [0.2, 0.25) is 0 Å². The second-order valence-electron chi connectivity index (χ2n) is 13.0. The standard InChI is InChI=1S/C31H34F5N7O3/c1-13-22(31(34,35)36)18(9-19(37)23(13)32)25-24(33)26-21-28(41-30(40-26)44-7-3-6-42-11-17-8-16(42)12-45-17)43-10-15-4-5-20(38-15)27(43)14(2)46-29(21)39-25/h9,14-17,20,27,38H,3-8,10-12,37H2,1-2H3/t14-,15+,16-,17-,20-,27+/m0/s1. The van der Waals surface area contributed by atoms with Crippen molar-refractivity contribution in [3.8, 4) is 23.1 Å². The molecule has 46 heavy (non-hydrogen) atoms. The number of nitrogens with zero attached hydrogens (tertiary/aromatic N) is 5. The highest BCUT2D eigenvalue weighted by Gasteiger charge is 2.47. The first-order valence-electron chi connectivity index (χ1n) is 15.7. The Morgan fingerprint density at radius 1 is 1.13 bits per heavy atom. The van der Waals surface area contributed by atoms with Gasteiger partial charge in [-0.2, -0.15) is 23.1 Å². The quantitative estimate of drug-likeness (QED) is 0.229. The summed E-state index contributed by atoms with van der Waals surface area (Å²) in [4.78, 5) is 17.9. The van der Waals surface area contributed by atoms with E-state index in [2.05, 4.69) is 25.1 Å². The van der Waals surface area contributed by atoms with Crippen LogP contribution in [0.1, 0.15) is 43.7 Å². The second kappa shape index (κ2) is 10.7. The summed E-state index contributed by atoms with van der Waals surface area (Å²) in [6.45, 7) is 6.01. The molecular weight excluding hydrogens is 613 g/mol. The maximum atomic E-state index is 16.7. The van der Waals surface area contributed by atoms with Gasteiger partial charge in [0.25, 0.3) is 0 Å². The zero-order valence-electron chi connectivity index (χ0n) is 25.3. The van der Waals surface area contributed by atoms with Gasteiger partial charge in [0.1, 0.15) is 34.3 Å². The Hall–Kier alpha value is -3.56. The Morgan fingerprint density at radius 3 is 2.70 bits per heavy atom. The highest BCUT2D eigenvalue weighted by molar-refractivity contribution is 5.97. The van der Waals surface area contributed by atoms with Crippen LogP contribution in [0, 0.1) is 18.6 Å². The highest BCUT2D eigenvalue weighted by Crippen LogP contribution is 2.47. The molecule has 8 rings (SSSR count). The lowest BCUT2D eigenvalue weighted by Gasteiger charge is -2.42. The number of morpholine rings is 1. The van der Waals surface area contributed by atoms with Crippen molar-refractivity contribution in [2.24, 2.45) is 0 Å². The van der Waals surface area contributed by atoms with E-state index < -0.39 is 52.0 Å². The van der Waals surface area contributed by atoms with Gasteiger partial charge in [-0.05, 0) is 51.2 Å². The Morgan fingerprint density at radius 2 is 1.96 bits per heavy atom. The molecule has 7 heterocycles. The number of likely N-dealkylation sites (tertiary alicyclic amines) is 1. The van der Waals surface area contributed by atoms with Crippen molar-refractivity contribution in [1.29, 1.82) is 0 Å². The van der Waals surface area contributed by atoms with E-state index in [0.29, 0.717) is 24.8 Å². The van der Waals surface area contributed by atoms with Crippen molar-refractivity contribution < 1.29 is 36.2 Å². The molecule has 246 valence electrons. The van der Waals surface area contributed by atoms with Crippen LogP contribution in [-0.4, -0.2) is 89.1 Å². The van der Waals surface area contributed by atoms with Gasteiger partial charge in [0.2, 0.25) is 5.88 Å². The fourth-order valence-corrected chi connectivity index (χ4v) is 8.09. The molecule has 4 bridgehead atoms. The zero-order valence-corrected chi connectivity index (χ0v) is 25.3. The summed E-state index contributed by atoms with van der Waals surface area (Å²) in [7, 11) is 0. The molecule has 3 N–H and O–H groups in total. The van der Waals surface area contributed by atoms with Gasteiger partial charge in [-0.3, -0.25) is 4.90 Å². The zero-order chi connectivity index (χ0) is 32.1. The van der Waals surface area contributed by atoms with E-state index in [4.69, 9.17) is 24.9 Å². The van der Waals surface area contributed by atoms with Crippen molar-refractivity contribution in [3.05, 3.63) is 28.8 Å². The van der Waals surface area contributed by atoms with Crippen LogP contribution in [0.15, 0.2) is 6.07 Å². The number of hydrogen-bond acceptors (Lipinski definition) is 10. The molecule has 10 nitrogen and oxygen atoms in total. The number of nitrogens with one attached hydrogen (secondary N) is 1. The average molecular weight is 648 g/mol. The minimum absolute atomic E-state index is 0.0536. The fourth-order valence-electron chi connectivity index (χ4n) is 8.09. The number of aromatic nitrogens is 3. The predicted molar refractivity (Wildman–Crippen MR) is 158 cm³/mol. The number of hydrogen-bond donors (Lipinski definition) is 2. The summed E-state index contributed by atoms with van der Waals surface area (Å²) in [6, 6.07) is 1.09. The first-order valence-corrected chi connectivity index (χ1v) is 15.7. The highest BCUT2D eigenvalue weighted by atomic mass is 19.4. The maximum Gasteiger partial charge on any atom is 0.417 e.